The Morgan fingerprint density at radius 1 is 1.04 bits per heavy atom. The van der Waals surface area contributed by atoms with Crippen molar-refractivity contribution >= 4 is 32.7 Å². The molecule has 6 nitrogen and oxygen atoms in total. The van der Waals surface area contributed by atoms with E-state index in [0.29, 0.717) is 11.0 Å². The number of hydrogen-bond acceptors (Lipinski definition) is 3. The van der Waals surface area contributed by atoms with Gasteiger partial charge in [-0.2, -0.15) is 0 Å². The topological polar surface area (TPSA) is 73.1 Å². The largest absolute Gasteiger partial charge is 0.328 e. The van der Waals surface area contributed by atoms with Crippen LogP contribution < -0.4 is 10.4 Å². The summed E-state index contributed by atoms with van der Waals surface area (Å²) in [7, 11) is -0.604. The van der Waals surface area contributed by atoms with E-state index in [-0.39, 0.29) is 22.2 Å². The number of nitrogens with zero attached hydrogens (tertiary/aromatic N) is 2. The number of benzene rings is 2. The third kappa shape index (κ3) is 2.86. The summed E-state index contributed by atoms with van der Waals surface area (Å²) in [6.45, 7) is 0.158. The minimum absolute atomic E-state index is 0.0474. The Balaban J connectivity index is 2.03. The molecule has 3 aromatic rings. The average Bonchev–Trinajstić information content (AvgIpc) is 2.77. The SMILES string of the molecule is Cn1c(=O)n(C)c2cc(S(=O)(=O)NCc3ccccc3)c(Cl)cc21. The van der Waals surface area contributed by atoms with Crippen LogP contribution in [0, 0.1) is 0 Å². The second-order valence-electron chi connectivity index (χ2n) is 5.48. The van der Waals surface area contributed by atoms with Gasteiger partial charge in [-0.05, 0) is 17.7 Å². The van der Waals surface area contributed by atoms with Gasteiger partial charge in [-0.25, -0.2) is 17.9 Å². The summed E-state index contributed by atoms with van der Waals surface area (Å²) in [4.78, 5) is 11.9. The smallest absolute Gasteiger partial charge is 0.295 e. The second kappa shape index (κ2) is 6.08. The van der Waals surface area contributed by atoms with Crippen molar-refractivity contribution in [2.75, 3.05) is 0 Å². The molecule has 0 bridgehead atoms. The van der Waals surface area contributed by atoms with E-state index in [1.165, 1.54) is 21.3 Å². The van der Waals surface area contributed by atoms with Gasteiger partial charge in [0.15, 0.2) is 0 Å². The molecule has 0 radical (unpaired) electrons. The fourth-order valence-electron chi connectivity index (χ4n) is 2.56. The first kappa shape index (κ1) is 16.8. The molecule has 0 aliphatic heterocycles. The molecular formula is C16H16ClN3O3S. The molecule has 0 fully saturated rings. The van der Waals surface area contributed by atoms with Crippen molar-refractivity contribution in [1.82, 2.24) is 13.9 Å². The van der Waals surface area contributed by atoms with Gasteiger partial charge in [0.05, 0.1) is 16.1 Å². The molecule has 3 rings (SSSR count). The Labute approximate surface area is 144 Å². The standard InChI is InChI=1S/C16H16ClN3O3S/c1-19-13-8-12(17)15(9-14(13)20(2)16(19)21)24(22,23)18-10-11-6-4-3-5-7-11/h3-9,18H,10H2,1-2H3. The minimum Gasteiger partial charge on any atom is -0.295 e. The fourth-order valence-corrected chi connectivity index (χ4v) is 4.12. The predicted octanol–water partition coefficient (Wildman–Crippen LogP) is 2.01. The van der Waals surface area contributed by atoms with Gasteiger partial charge >= 0.3 is 5.69 Å². The summed E-state index contributed by atoms with van der Waals surface area (Å²) >= 11 is 6.16. The molecule has 0 aliphatic rings. The zero-order valence-electron chi connectivity index (χ0n) is 13.2. The zero-order chi connectivity index (χ0) is 17.5. The Morgan fingerprint density at radius 3 is 2.25 bits per heavy atom. The van der Waals surface area contributed by atoms with Crippen molar-refractivity contribution < 1.29 is 8.42 Å². The van der Waals surface area contributed by atoms with E-state index >= 15 is 0 Å². The van der Waals surface area contributed by atoms with Crippen LogP contribution in [0.5, 0.6) is 0 Å². The fraction of sp³-hybridized carbons (Fsp3) is 0.188. The van der Waals surface area contributed by atoms with Crippen molar-refractivity contribution in [3.8, 4) is 0 Å². The third-order valence-corrected chi connectivity index (χ3v) is 5.79. The number of nitrogens with one attached hydrogen (secondary N) is 1. The quantitative estimate of drug-likeness (QED) is 0.768. The van der Waals surface area contributed by atoms with Crippen LogP contribution in [0.4, 0.5) is 0 Å². The van der Waals surface area contributed by atoms with Gasteiger partial charge in [0.1, 0.15) is 4.90 Å². The zero-order valence-corrected chi connectivity index (χ0v) is 14.7. The molecular weight excluding hydrogens is 350 g/mol. The lowest BCUT2D eigenvalue weighted by atomic mass is 10.2. The molecule has 126 valence electrons. The lowest BCUT2D eigenvalue weighted by molar-refractivity contribution is 0.581. The predicted molar refractivity (Wildman–Crippen MR) is 93.6 cm³/mol. The first-order valence-electron chi connectivity index (χ1n) is 7.20. The van der Waals surface area contributed by atoms with E-state index in [0.717, 1.165) is 5.56 Å². The molecule has 2 aromatic carbocycles. The van der Waals surface area contributed by atoms with Crippen LogP contribution in [0.15, 0.2) is 52.2 Å². The molecule has 1 aromatic heterocycles. The number of imidazole rings is 1. The van der Waals surface area contributed by atoms with Crippen LogP contribution in [0.1, 0.15) is 5.56 Å². The van der Waals surface area contributed by atoms with Gasteiger partial charge in [0.25, 0.3) is 0 Å². The van der Waals surface area contributed by atoms with Gasteiger partial charge in [0, 0.05) is 20.6 Å². The summed E-state index contributed by atoms with van der Waals surface area (Å²) < 4.78 is 30.5. The lowest BCUT2D eigenvalue weighted by Gasteiger charge is -2.09. The van der Waals surface area contributed by atoms with Crippen molar-refractivity contribution in [3.05, 3.63) is 63.5 Å². The van der Waals surface area contributed by atoms with E-state index in [1.807, 2.05) is 30.3 Å². The summed E-state index contributed by atoms with van der Waals surface area (Å²) in [5, 5.41) is 0.0734. The van der Waals surface area contributed by atoms with Crippen LogP contribution in [0.3, 0.4) is 0 Å². The van der Waals surface area contributed by atoms with Crippen LogP contribution in [-0.4, -0.2) is 17.6 Å². The van der Waals surface area contributed by atoms with Gasteiger partial charge in [-0.3, -0.25) is 9.13 Å². The molecule has 0 unspecified atom stereocenters. The highest BCUT2D eigenvalue weighted by atomic mass is 35.5. The highest BCUT2D eigenvalue weighted by molar-refractivity contribution is 7.89. The van der Waals surface area contributed by atoms with Gasteiger partial charge in [-0.1, -0.05) is 41.9 Å². The van der Waals surface area contributed by atoms with E-state index in [2.05, 4.69) is 4.72 Å². The molecule has 0 saturated carbocycles. The Morgan fingerprint density at radius 2 is 1.62 bits per heavy atom. The molecule has 1 heterocycles. The number of sulfonamides is 1. The number of aryl methyl sites for hydroxylation is 2. The van der Waals surface area contributed by atoms with Crippen LogP contribution >= 0.6 is 11.6 Å². The number of halogens is 1. The summed E-state index contributed by atoms with van der Waals surface area (Å²) in [5.74, 6) is 0. The van der Waals surface area contributed by atoms with Crippen molar-refractivity contribution in [2.45, 2.75) is 11.4 Å². The molecule has 8 heteroatoms. The number of rotatable bonds is 4. The van der Waals surface area contributed by atoms with Gasteiger partial charge < -0.3 is 0 Å². The van der Waals surface area contributed by atoms with Crippen LogP contribution in [0.2, 0.25) is 5.02 Å². The van der Waals surface area contributed by atoms with E-state index in [1.54, 1.807) is 14.1 Å². The monoisotopic (exact) mass is 365 g/mol. The maximum atomic E-state index is 12.6. The molecule has 0 saturated heterocycles. The molecule has 24 heavy (non-hydrogen) atoms. The molecule has 1 N–H and O–H groups in total. The maximum Gasteiger partial charge on any atom is 0.328 e. The molecule has 0 atom stereocenters. The minimum atomic E-state index is -3.81. The molecule has 0 aliphatic carbocycles. The first-order chi connectivity index (χ1) is 11.3. The Hall–Kier alpha value is -2.09. The summed E-state index contributed by atoms with van der Waals surface area (Å²) in [5.41, 5.74) is 1.68. The van der Waals surface area contributed by atoms with Gasteiger partial charge in [-0.15, -0.1) is 0 Å². The van der Waals surface area contributed by atoms with E-state index < -0.39 is 10.0 Å². The second-order valence-corrected chi connectivity index (χ2v) is 7.62. The lowest BCUT2D eigenvalue weighted by Crippen LogP contribution is -2.23. The Kier molecular flexibility index (Phi) is 4.25. The Bertz CT molecular complexity index is 1070. The number of hydrogen-bond donors (Lipinski definition) is 1. The summed E-state index contributed by atoms with van der Waals surface area (Å²) in [6, 6.07) is 12.1. The van der Waals surface area contributed by atoms with Crippen LogP contribution in [-0.2, 0) is 30.7 Å². The highest BCUT2D eigenvalue weighted by Crippen LogP contribution is 2.27. The van der Waals surface area contributed by atoms with Crippen LogP contribution in [0.25, 0.3) is 11.0 Å². The van der Waals surface area contributed by atoms with Crippen molar-refractivity contribution in [1.29, 1.82) is 0 Å². The number of fused-ring (bicyclic) bond motifs is 1. The number of aromatic nitrogens is 2. The van der Waals surface area contributed by atoms with E-state index in [4.69, 9.17) is 11.6 Å². The molecule has 0 amide bonds. The van der Waals surface area contributed by atoms with Crippen molar-refractivity contribution in [3.63, 3.8) is 0 Å². The maximum absolute atomic E-state index is 12.6. The average molecular weight is 366 g/mol. The highest BCUT2D eigenvalue weighted by Gasteiger charge is 2.21. The van der Waals surface area contributed by atoms with E-state index in [9.17, 15) is 13.2 Å². The first-order valence-corrected chi connectivity index (χ1v) is 9.06. The van der Waals surface area contributed by atoms with Gasteiger partial charge in [0.2, 0.25) is 10.0 Å². The third-order valence-electron chi connectivity index (χ3n) is 3.92. The molecule has 0 spiro atoms. The summed E-state index contributed by atoms with van der Waals surface area (Å²) in [6.07, 6.45) is 0. The normalized spacial score (nSPS) is 12.0. The van der Waals surface area contributed by atoms with Crippen molar-refractivity contribution in [2.24, 2.45) is 14.1 Å².